The van der Waals surface area contributed by atoms with Gasteiger partial charge in [0.1, 0.15) is 5.69 Å². The third-order valence-corrected chi connectivity index (χ3v) is 6.99. The van der Waals surface area contributed by atoms with Crippen molar-refractivity contribution in [3.05, 3.63) is 29.6 Å². The molecule has 2 saturated carbocycles. The smallest absolute Gasteiger partial charge is 0.368 e. The van der Waals surface area contributed by atoms with Crippen LogP contribution in [0.5, 0.6) is 0 Å². The van der Waals surface area contributed by atoms with Crippen LogP contribution in [0.1, 0.15) is 63.8 Å². The second kappa shape index (κ2) is 7.74. The van der Waals surface area contributed by atoms with Gasteiger partial charge in [0.2, 0.25) is 11.9 Å². The molecule has 0 bridgehead atoms. The third-order valence-electron chi connectivity index (χ3n) is 6.99. The lowest BCUT2D eigenvalue weighted by molar-refractivity contribution is -0.141. The molecule has 3 aliphatic rings. The Morgan fingerprint density at radius 1 is 1.13 bits per heavy atom. The molecule has 4 rings (SSSR count). The number of pyridine rings is 1. The summed E-state index contributed by atoms with van der Waals surface area (Å²) in [7, 11) is 0. The summed E-state index contributed by atoms with van der Waals surface area (Å²) in [4.78, 5) is 12.9. The average Bonchev–Trinajstić information content (AvgIpc) is 2.57. The summed E-state index contributed by atoms with van der Waals surface area (Å²) in [5.41, 5.74) is 4.17. The Morgan fingerprint density at radius 3 is 2.37 bits per heavy atom. The van der Waals surface area contributed by atoms with E-state index in [9.17, 15) is 13.2 Å². The number of hydrogen-bond acceptors (Lipinski definition) is 6. The summed E-state index contributed by atoms with van der Waals surface area (Å²) >= 11 is 0. The predicted molar refractivity (Wildman–Crippen MR) is 110 cm³/mol. The predicted octanol–water partition coefficient (Wildman–Crippen LogP) is 3.74. The summed E-state index contributed by atoms with van der Waals surface area (Å²) < 4.78 is 40.1. The molecule has 30 heavy (non-hydrogen) atoms. The van der Waals surface area contributed by atoms with Gasteiger partial charge in [-0.2, -0.15) is 18.2 Å². The number of nitrogens with one attached hydrogen (secondary N) is 2. The van der Waals surface area contributed by atoms with Crippen LogP contribution in [0.3, 0.4) is 0 Å². The quantitative estimate of drug-likeness (QED) is 0.675. The molecule has 2 heterocycles. The van der Waals surface area contributed by atoms with E-state index in [0.717, 1.165) is 38.2 Å². The maximum atomic E-state index is 13.4. The monoisotopic (exact) mass is 422 g/mol. The molecule has 0 aromatic carbocycles. The molecule has 3 atom stereocenters. The number of aliphatic imine (C=N–C) groups is 2. The van der Waals surface area contributed by atoms with E-state index < -0.39 is 17.5 Å². The minimum atomic E-state index is -4.53. The highest BCUT2D eigenvalue weighted by Gasteiger charge is 2.48. The number of alkyl halides is 3. The van der Waals surface area contributed by atoms with E-state index >= 15 is 0 Å². The highest BCUT2D eigenvalue weighted by Crippen LogP contribution is 2.44. The lowest BCUT2D eigenvalue weighted by Crippen LogP contribution is -2.60. The summed E-state index contributed by atoms with van der Waals surface area (Å²) in [6.45, 7) is 4.10. The molecule has 0 radical (unpaired) electrons. The molecule has 9 heteroatoms. The van der Waals surface area contributed by atoms with Crippen LogP contribution in [0.25, 0.3) is 0 Å². The van der Waals surface area contributed by atoms with E-state index in [-0.39, 0.29) is 23.6 Å². The van der Waals surface area contributed by atoms with Gasteiger partial charge in [0.15, 0.2) is 5.66 Å². The molecule has 0 spiro atoms. The zero-order chi connectivity index (χ0) is 21.5. The van der Waals surface area contributed by atoms with Gasteiger partial charge in [-0.15, -0.1) is 0 Å². The van der Waals surface area contributed by atoms with Gasteiger partial charge < -0.3 is 16.4 Å². The van der Waals surface area contributed by atoms with Crippen molar-refractivity contribution in [2.75, 3.05) is 0 Å². The molecular weight excluding hydrogens is 393 g/mol. The first kappa shape index (κ1) is 20.9. The maximum absolute atomic E-state index is 13.4. The van der Waals surface area contributed by atoms with E-state index in [4.69, 9.17) is 5.73 Å². The number of halogens is 3. The van der Waals surface area contributed by atoms with Gasteiger partial charge in [0.05, 0.1) is 5.69 Å². The molecule has 6 nitrogen and oxygen atoms in total. The Bertz CT molecular complexity index is 843. The number of nitrogens with zero attached hydrogens (tertiary/aromatic N) is 3. The van der Waals surface area contributed by atoms with Gasteiger partial charge in [-0.3, -0.25) is 0 Å². The Kier molecular flexibility index (Phi) is 5.40. The van der Waals surface area contributed by atoms with Crippen molar-refractivity contribution in [1.29, 1.82) is 0 Å². The van der Waals surface area contributed by atoms with Gasteiger partial charge in [0.25, 0.3) is 0 Å². The lowest BCUT2D eigenvalue weighted by atomic mass is 9.70. The summed E-state index contributed by atoms with van der Waals surface area (Å²) in [6.07, 6.45) is 2.13. The van der Waals surface area contributed by atoms with Crippen molar-refractivity contribution in [1.82, 2.24) is 15.6 Å². The normalized spacial score (nSPS) is 27.1. The highest BCUT2D eigenvalue weighted by molar-refractivity contribution is 5.96. The zero-order valence-electron chi connectivity index (χ0n) is 17.3. The van der Waals surface area contributed by atoms with Gasteiger partial charge in [0, 0.05) is 12.0 Å². The molecule has 1 aromatic heterocycles. The minimum Gasteiger partial charge on any atom is -0.368 e. The second-order valence-electron chi connectivity index (χ2n) is 8.83. The van der Waals surface area contributed by atoms with Crippen molar-refractivity contribution < 1.29 is 13.2 Å². The Hall–Kier alpha value is -2.32. The largest absolute Gasteiger partial charge is 0.433 e. The van der Waals surface area contributed by atoms with Crippen LogP contribution >= 0.6 is 0 Å². The first-order chi connectivity index (χ1) is 14.2. The number of hydrogen-bond donors (Lipinski definition) is 3. The summed E-state index contributed by atoms with van der Waals surface area (Å²) in [5, 5.41) is 6.70. The molecule has 164 valence electrons. The summed E-state index contributed by atoms with van der Waals surface area (Å²) in [6, 6.07) is 4.13. The number of aromatic nitrogens is 1. The van der Waals surface area contributed by atoms with Crippen molar-refractivity contribution in [3.8, 4) is 0 Å². The molecule has 4 N–H and O–H groups in total. The topological polar surface area (TPSA) is 87.7 Å². The number of rotatable bonds is 5. The van der Waals surface area contributed by atoms with Crippen LogP contribution in [0.4, 0.5) is 13.2 Å². The van der Waals surface area contributed by atoms with E-state index in [1.807, 2.05) is 6.92 Å². The second-order valence-corrected chi connectivity index (χ2v) is 8.83. The minimum absolute atomic E-state index is 0.0439. The van der Waals surface area contributed by atoms with Crippen molar-refractivity contribution >= 4 is 11.9 Å². The van der Waals surface area contributed by atoms with Crippen molar-refractivity contribution in [2.24, 2.45) is 33.5 Å². The Morgan fingerprint density at radius 2 is 1.80 bits per heavy atom. The fraction of sp³-hybridized carbons (Fsp3) is 0.667. The highest BCUT2D eigenvalue weighted by atomic mass is 19.4. The van der Waals surface area contributed by atoms with Gasteiger partial charge in [-0.1, -0.05) is 38.7 Å². The first-order valence-electron chi connectivity index (χ1n) is 10.7. The van der Waals surface area contributed by atoms with Crippen LogP contribution < -0.4 is 16.4 Å². The standard InChI is InChI=1S/C21H29F3N6/c1-12(14-6-3-7-14)20(16-10-5-11-17(27-16)21(22,23)24)29-18(25)28-19(30-20)26-13(2)15-8-4-9-15/h5,10-15H,3-4,6-9H2,1-2H3,(H4,25,26,28,29,30)/t12-,13-,20?/m1/s1. The first-order valence-corrected chi connectivity index (χ1v) is 10.7. The van der Waals surface area contributed by atoms with Gasteiger partial charge >= 0.3 is 6.18 Å². The molecule has 0 saturated heterocycles. The molecular formula is C21H29F3N6. The average molecular weight is 422 g/mol. The molecule has 2 fully saturated rings. The van der Waals surface area contributed by atoms with Crippen LogP contribution in [-0.2, 0) is 11.8 Å². The fourth-order valence-corrected chi connectivity index (χ4v) is 4.55. The SMILES string of the molecule is C[C@H](C1CCC1)C1(c2cccc(C(F)(F)F)n2)N=C(N)N=C(N[C@H](C)C2CCC2)N1. The maximum Gasteiger partial charge on any atom is 0.433 e. The third kappa shape index (κ3) is 3.86. The fourth-order valence-electron chi connectivity index (χ4n) is 4.55. The van der Waals surface area contributed by atoms with Crippen LogP contribution in [0.2, 0.25) is 0 Å². The Balaban J connectivity index is 1.70. The van der Waals surface area contributed by atoms with E-state index in [1.165, 1.54) is 12.5 Å². The molecule has 1 unspecified atom stereocenters. The molecule has 2 aliphatic carbocycles. The van der Waals surface area contributed by atoms with E-state index in [1.54, 1.807) is 6.07 Å². The molecule has 1 aliphatic heterocycles. The summed E-state index contributed by atoms with van der Waals surface area (Å²) in [5.74, 6) is 1.27. The van der Waals surface area contributed by atoms with Crippen LogP contribution in [0, 0.1) is 17.8 Å². The van der Waals surface area contributed by atoms with Crippen molar-refractivity contribution in [2.45, 2.75) is 70.3 Å². The Labute approximate surface area is 174 Å². The van der Waals surface area contributed by atoms with E-state index in [2.05, 4.69) is 32.5 Å². The van der Waals surface area contributed by atoms with Gasteiger partial charge in [-0.25, -0.2) is 9.98 Å². The zero-order valence-corrected chi connectivity index (χ0v) is 17.3. The number of guanidine groups is 2. The van der Waals surface area contributed by atoms with Crippen LogP contribution in [-0.4, -0.2) is 22.9 Å². The van der Waals surface area contributed by atoms with Gasteiger partial charge in [-0.05, 0) is 43.7 Å². The van der Waals surface area contributed by atoms with Crippen molar-refractivity contribution in [3.63, 3.8) is 0 Å². The van der Waals surface area contributed by atoms with Crippen LogP contribution in [0.15, 0.2) is 28.2 Å². The van der Waals surface area contributed by atoms with E-state index in [0.29, 0.717) is 17.8 Å². The number of nitrogens with two attached hydrogens (primary N) is 1. The lowest BCUT2D eigenvalue weighted by Gasteiger charge is -2.45. The molecule has 0 amide bonds. The molecule has 1 aromatic rings.